The highest BCUT2D eigenvalue weighted by atomic mass is 32.2. The summed E-state index contributed by atoms with van der Waals surface area (Å²) in [5.74, 6) is -17.2. The van der Waals surface area contributed by atoms with Gasteiger partial charge in [-0.05, 0) is 17.0 Å². The lowest BCUT2D eigenvalue weighted by molar-refractivity contribution is -0.153. The van der Waals surface area contributed by atoms with Gasteiger partial charge in [0.1, 0.15) is 18.0 Å². The zero-order chi connectivity index (χ0) is 30.8. The van der Waals surface area contributed by atoms with Gasteiger partial charge in [-0.3, -0.25) is 14.5 Å². The minimum Gasteiger partial charge on any atom is -0.456 e. The SMILES string of the molecule is O=C(Cc1cccs1)N[C@@H]1C(=O)N2C(C(=O)OCc3ccccc3)=C(OC(=O)Oc3c(F)c(F)c(F)c(F)c3F)CS[C@H]12. The van der Waals surface area contributed by atoms with Crippen LogP contribution in [0.1, 0.15) is 10.4 Å². The van der Waals surface area contributed by atoms with Crippen molar-refractivity contribution in [2.24, 2.45) is 0 Å². The molecule has 0 saturated carbocycles. The molecule has 9 nitrogen and oxygen atoms in total. The van der Waals surface area contributed by atoms with Crippen molar-refractivity contribution in [2.45, 2.75) is 24.4 Å². The summed E-state index contributed by atoms with van der Waals surface area (Å²) < 4.78 is 83.0. The number of ether oxygens (including phenoxy) is 3. The van der Waals surface area contributed by atoms with Gasteiger partial charge in [0.05, 0.1) is 12.2 Å². The highest BCUT2D eigenvalue weighted by molar-refractivity contribution is 8.00. The Bertz CT molecular complexity index is 1610. The lowest BCUT2D eigenvalue weighted by Crippen LogP contribution is -2.70. The highest BCUT2D eigenvalue weighted by Crippen LogP contribution is 2.41. The van der Waals surface area contributed by atoms with E-state index in [0.29, 0.717) is 5.56 Å². The van der Waals surface area contributed by atoms with Crippen LogP contribution in [-0.4, -0.2) is 46.0 Å². The molecule has 1 fully saturated rings. The molecule has 5 rings (SSSR count). The topological polar surface area (TPSA) is 111 Å². The van der Waals surface area contributed by atoms with Crippen LogP contribution in [0.25, 0.3) is 0 Å². The quantitative estimate of drug-likeness (QED) is 0.0954. The van der Waals surface area contributed by atoms with Crippen molar-refractivity contribution in [1.29, 1.82) is 0 Å². The minimum absolute atomic E-state index is 0.0124. The van der Waals surface area contributed by atoms with E-state index in [-0.39, 0.29) is 18.8 Å². The standard InChI is InChI=1S/C27H17F5N2O7S2/c28-16-17(29)19(31)23(20(32)18(16)30)41-27(38)40-14-11-43-25-21(33-15(35)9-13-7-4-8-42-13)24(36)34(25)22(14)26(37)39-10-12-5-2-1-3-6-12/h1-8,21,25H,9-11H2,(H,33,35)/t21-,25-/m1/s1. The molecule has 43 heavy (non-hydrogen) atoms. The fourth-order valence-electron chi connectivity index (χ4n) is 4.13. The Kier molecular flexibility index (Phi) is 8.68. The molecule has 1 saturated heterocycles. The summed E-state index contributed by atoms with van der Waals surface area (Å²) in [5.41, 5.74) is 0.00262. The predicted molar refractivity (Wildman–Crippen MR) is 140 cm³/mol. The van der Waals surface area contributed by atoms with Gasteiger partial charge in [-0.25, -0.2) is 22.8 Å². The van der Waals surface area contributed by atoms with Crippen LogP contribution >= 0.6 is 23.1 Å². The van der Waals surface area contributed by atoms with Gasteiger partial charge < -0.3 is 19.5 Å². The number of carbonyl (C=O) groups excluding carboxylic acids is 4. The smallest absolute Gasteiger partial charge is 0.456 e. The molecule has 224 valence electrons. The van der Waals surface area contributed by atoms with Crippen molar-refractivity contribution >= 4 is 47.0 Å². The van der Waals surface area contributed by atoms with E-state index in [9.17, 15) is 41.1 Å². The number of thioether (sulfide) groups is 1. The Labute approximate surface area is 247 Å². The fraction of sp³-hybridized carbons (Fsp3) is 0.185. The average Bonchev–Trinajstić information content (AvgIpc) is 3.52. The summed E-state index contributed by atoms with van der Waals surface area (Å²) in [4.78, 5) is 52.9. The number of hydrogen-bond donors (Lipinski definition) is 1. The minimum atomic E-state index is -2.47. The maximum Gasteiger partial charge on any atom is 0.519 e. The number of benzene rings is 2. The molecule has 2 aliphatic heterocycles. The number of rotatable bonds is 8. The van der Waals surface area contributed by atoms with Crippen LogP contribution in [0.3, 0.4) is 0 Å². The lowest BCUT2D eigenvalue weighted by atomic mass is 10.0. The summed E-state index contributed by atoms with van der Waals surface area (Å²) in [6.07, 6.45) is -1.95. The first-order valence-corrected chi connectivity index (χ1v) is 14.1. The second kappa shape index (κ2) is 12.4. The van der Waals surface area contributed by atoms with Crippen LogP contribution in [0.5, 0.6) is 5.75 Å². The number of nitrogens with one attached hydrogen (secondary N) is 1. The third-order valence-corrected chi connectivity index (χ3v) is 8.26. The van der Waals surface area contributed by atoms with E-state index in [0.717, 1.165) is 21.5 Å². The molecule has 0 bridgehead atoms. The van der Waals surface area contributed by atoms with Crippen molar-refractivity contribution in [2.75, 3.05) is 5.75 Å². The molecule has 1 aromatic heterocycles. The van der Waals surface area contributed by atoms with E-state index in [1.807, 2.05) is 0 Å². The molecule has 2 aromatic carbocycles. The molecular weight excluding hydrogens is 623 g/mol. The molecule has 3 aromatic rings. The van der Waals surface area contributed by atoms with Gasteiger partial charge in [-0.2, -0.15) is 8.78 Å². The molecule has 0 unspecified atom stereocenters. The third-order valence-electron chi connectivity index (χ3n) is 6.13. The zero-order valence-electron chi connectivity index (χ0n) is 21.4. The van der Waals surface area contributed by atoms with E-state index < -0.39 is 81.6 Å². The molecule has 0 spiro atoms. The predicted octanol–water partition coefficient (Wildman–Crippen LogP) is 4.56. The van der Waals surface area contributed by atoms with E-state index in [2.05, 4.69) is 10.1 Å². The van der Waals surface area contributed by atoms with Gasteiger partial charge in [-0.15, -0.1) is 23.1 Å². The van der Waals surface area contributed by atoms with Crippen molar-refractivity contribution < 1.29 is 55.3 Å². The number of carbonyl (C=O) groups is 4. The number of esters is 1. The number of thiophene rings is 1. The van der Waals surface area contributed by atoms with Crippen LogP contribution in [0.15, 0.2) is 59.3 Å². The largest absolute Gasteiger partial charge is 0.519 e. The van der Waals surface area contributed by atoms with E-state index >= 15 is 0 Å². The first kappa shape index (κ1) is 30.0. The highest BCUT2D eigenvalue weighted by Gasteiger charge is 2.55. The molecule has 2 atom stereocenters. The average molecular weight is 641 g/mol. The molecule has 3 heterocycles. The van der Waals surface area contributed by atoms with Crippen molar-refractivity contribution in [3.63, 3.8) is 0 Å². The maximum absolute atomic E-state index is 14.0. The first-order valence-electron chi connectivity index (χ1n) is 12.2. The summed E-state index contributed by atoms with van der Waals surface area (Å²) >= 11 is 2.31. The molecule has 0 radical (unpaired) electrons. The van der Waals surface area contributed by atoms with Gasteiger partial charge in [0.2, 0.25) is 40.7 Å². The molecule has 0 aliphatic carbocycles. The molecule has 16 heteroatoms. The van der Waals surface area contributed by atoms with Crippen LogP contribution in [-0.2, 0) is 36.9 Å². The van der Waals surface area contributed by atoms with Gasteiger partial charge in [0.15, 0.2) is 11.5 Å². The summed E-state index contributed by atoms with van der Waals surface area (Å²) in [6.45, 7) is -0.258. The maximum atomic E-state index is 14.0. The van der Waals surface area contributed by atoms with Crippen LogP contribution in [0, 0.1) is 29.1 Å². The van der Waals surface area contributed by atoms with E-state index in [1.54, 1.807) is 47.8 Å². The zero-order valence-corrected chi connectivity index (χ0v) is 23.0. The Balaban J connectivity index is 1.37. The summed E-state index contributed by atoms with van der Waals surface area (Å²) in [7, 11) is 0. The normalized spacial score (nSPS) is 17.6. The van der Waals surface area contributed by atoms with Gasteiger partial charge in [0.25, 0.3) is 5.91 Å². The van der Waals surface area contributed by atoms with Crippen LogP contribution in [0.4, 0.5) is 26.7 Å². The van der Waals surface area contributed by atoms with Crippen molar-refractivity contribution in [3.05, 3.63) is 98.8 Å². The Morgan fingerprint density at radius 3 is 2.23 bits per heavy atom. The number of halogens is 5. The summed E-state index contributed by atoms with van der Waals surface area (Å²) in [6, 6.07) is 10.8. The van der Waals surface area contributed by atoms with Gasteiger partial charge in [-0.1, -0.05) is 36.4 Å². The Hall–Kier alpha value is -4.44. The Morgan fingerprint density at radius 2 is 1.58 bits per heavy atom. The lowest BCUT2D eigenvalue weighted by Gasteiger charge is -2.49. The monoisotopic (exact) mass is 640 g/mol. The third kappa shape index (κ3) is 6.06. The number of β-lactam (4-membered cyclic amide) rings is 1. The van der Waals surface area contributed by atoms with E-state index in [4.69, 9.17) is 9.47 Å². The first-order chi connectivity index (χ1) is 20.6. The molecular formula is C27H17F5N2O7S2. The number of amides is 2. The fourth-order valence-corrected chi connectivity index (χ4v) is 6.08. The van der Waals surface area contributed by atoms with Crippen LogP contribution in [0.2, 0.25) is 0 Å². The molecule has 1 N–H and O–H groups in total. The second-order valence-electron chi connectivity index (χ2n) is 8.90. The molecule has 2 aliphatic rings. The van der Waals surface area contributed by atoms with Crippen molar-refractivity contribution in [1.82, 2.24) is 10.2 Å². The summed E-state index contributed by atoms with van der Waals surface area (Å²) in [5, 5.41) is 3.56. The second-order valence-corrected chi connectivity index (χ2v) is 11.0. The van der Waals surface area contributed by atoms with Gasteiger partial charge >= 0.3 is 12.1 Å². The number of hydrogen-bond acceptors (Lipinski definition) is 9. The number of nitrogens with zero attached hydrogens (tertiary/aromatic N) is 1. The van der Waals surface area contributed by atoms with Gasteiger partial charge in [0, 0.05) is 4.88 Å². The molecule has 2 amide bonds. The van der Waals surface area contributed by atoms with Crippen molar-refractivity contribution in [3.8, 4) is 5.75 Å². The Morgan fingerprint density at radius 1 is 0.907 bits per heavy atom. The van der Waals surface area contributed by atoms with Crippen LogP contribution < -0.4 is 10.1 Å². The number of fused-ring (bicyclic) bond motifs is 1. The van der Waals surface area contributed by atoms with E-state index in [1.165, 1.54) is 11.3 Å².